The van der Waals surface area contributed by atoms with Crippen molar-refractivity contribution >= 4 is 40.0 Å². The van der Waals surface area contributed by atoms with Crippen LogP contribution in [0.15, 0.2) is 48.5 Å². The number of carbonyl (C=O) groups is 2. The number of rotatable bonds is 6. The third-order valence-electron chi connectivity index (χ3n) is 5.63. The fourth-order valence-electron chi connectivity index (χ4n) is 3.96. The number of para-hydroxylation sites is 1. The van der Waals surface area contributed by atoms with Crippen molar-refractivity contribution < 1.29 is 19.1 Å². The van der Waals surface area contributed by atoms with E-state index in [1.807, 2.05) is 47.4 Å². The Bertz CT molecular complexity index is 1240. The third-order valence-corrected chi connectivity index (χ3v) is 6.63. The fourth-order valence-corrected chi connectivity index (χ4v) is 4.80. The molecule has 1 atom stereocenters. The lowest BCUT2D eigenvalue weighted by molar-refractivity contribution is -0.117. The van der Waals surface area contributed by atoms with Crippen molar-refractivity contribution in [1.82, 2.24) is 10.2 Å². The second-order valence-electron chi connectivity index (χ2n) is 7.77. The van der Waals surface area contributed by atoms with E-state index in [0.29, 0.717) is 29.6 Å². The molecule has 2 aromatic carbocycles. The number of nitrogens with zero attached hydrogens (tertiary/aromatic N) is 3. The highest BCUT2D eigenvalue weighted by atomic mass is 32.1. The van der Waals surface area contributed by atoms with Gasteiger partial charge in [-0.05, 0) is 41.8 Å². The van der Waals surface area contributed by atoms with Gasteiger partial charge >= 0.3 is 0 Å². The normalized spacial score (nSPS) is 17.2. The van der Waals surface area contributed by atoms with Gasteiger partial charge < -0.3 is 14.4 Å². The predicted octanol–water partition coefficient (Wildman–Crippen LogP) is 4.00. The lowest BCUT2D eigenvalue weighted by atomic mass is 10.1. The number of benzene rings is 2. The average Bonchev–Trinajstić information content (AvgIpc) is 3.57. The highest BCUT2D eigenvalue weighted by Crippen LogP contribution is 2.36. The van der Waals surface area contributed by atoms with Crippen LogP contribution in [0.4, 0.5) is 10.8 Å². The molecule has 0 bridgehead atoms. The van der Waals surface area contributed by atoms with Crippen LogP contribution in [0, 0.1) is 0 Å². The maximum Gasteiger partial charge on any atom is 0.250 e. The number of anilines is 2. The van der Waals surface area contributed by atoms with E-state index in [2.05, 4.69) is 22.4 Å². The molecule has 3 aromatic rings. The summed E-state index contributed by atoms with van der Waals surface area (Å²) in [7, 11) is 0. The van der Waals surface area contributed by atoms with Gasteiger partial charge in [0.05, 0.1) is 0 Å². The molecule has 168 valence electrons. The number of hydrogen-bond donors (Lipinski definition) is 1. The number of ether oxygens (including phenoxy) is 2. The molecule has 3 heterocycles. The lowest BCUT2D eigenvalue weighted by Crippen LogP contribution is -2.25. The number of fused-ring (bicyclic) bond motifs is 1. The van der Waals surface area contributed by atoms with Gasteiger partial charge in [0.15, 0.2) is 11.5 Å². The van der Waals surface area contributed by atoms with Gasteiger partial charge in [0.2, 0.25) is 23.7 Å². The minimum absolute atomic E-state index is 0.0465. The summed E-state index contributed by atoms with van der Waals surface area (Å²) in [5.74, 6) is 1.08. The minimum atomic E-state index is -0.309. The van der Waals surface area contributed by atoms with Crippen LogP contribution in [0.2, 0.25) is 0 Å². The summed E-state index contributed by atoms with van der Waals surface area (Å²) in [5, 5.41) is 12.2. The average molecular weight is 463 g/mol. The third kappa shape index (κ3) is 4.45. The van der Waals surface area contributed by atoms with E-state index in [1.54, 1.807) is 6.08 Å². The van der Waals surface area contributed by atoms with Gasteiger partial charge in [-0.2, -0.15) is 0 Å². The van der Waals surface area contributed by atoms with Crippen LogP contribution >= 0.6 is 11.3 Å². The van der Waals surface area contributed by atoms with E-state index in [-0.39, 0.29) is 24.5 Å². The molecule has 5 rings (SSSR count). The summed E-state index contributed by atoms with van der Waals surface area (Å²) >= 11 is 1.30. The van der Waals surface area contributed by atoms with Crippen LogP contribution in [-0.4, -0.2) is 35.3 Å². The molecule has 1 unspecified atom stereocenters. The maximum atomic E-state index is 12.7. The molecular formula is C24H22N4O4S. The van der Waals surface area contributed by atoms with E-state index in [1.165, 1.54) is 17.4 Å². The molecule has 1 saturated heterocycles. The predicted molar refractivity (Wildman–Crippen MR) is 126 cm³/mol. The van der Waals surface area contributed by atoms with E-state index in [0.717, 1.165) is 28.2 Å². The Labute approximate surface area is 194 Å². The Balaban J connectivity index is 1.22. The van der Waals surface area contributed by atoms with E-state index >= 15 is 0 Å². The molecule has 0 spiro atoms. The monoisotopic (exact) mass is 462 g/mol. The molecule has 2 aliphatic rings. The zero-order chi connectivity index (χ0) is 22.8. The molecular weight excluding hydrogens is 440 g/mol. The van der Waals surface area contributed by atoms with Crippen molar-refractivity contribution in [2.24, 2.45) is 0 Å². The standard InChI is InChI=1S/C24H22N4O4S/c1-2-16-5-3-4-6-18(16)28-13-17(12-22(28)30)23-26-27-24(33-23)25-21(29)10-8-15-7-9-19-20(11-15)32-14-31-19/h3-11,17H,2,12-14H2,1H3,(H,25,27,29)/b10-8+. The summed E-state index contributed by atoms with van der Waals surface area (Å²) in [6, 6.07) is 13.4. The van der Waals surface area contributed by atoms with Gasteiger partial charge in [0, 0.05) is 30.6 Å². The fraction of sp³-hybridized carbons (Fsp3) is 0.250. The molecule has 0 saturated carbocycles. The molecule has 1 aromatic heterocycles. The van der Waals surface area contributed by atoms with Crippen LogP contribution in [0.25, 0.3) is 6.08 Å². The quantitative estimate of drug-likeness (QED) is 0.557. The number of hydrogen-bond acceptors (Lipinski definition) is 7. The Morgan fingerprint density at radius 1 is 1.21 bits per heavy atom. The van der Waals surface area contributed by atoms with Crippen LogP contribution in [0.3, 0.4) is 0 Å². The summed E-state index contributed by atoms with van der Waals surface area (Å²) in [6.45, 7) is 2.85. The van der Waals surface area contributed by atoms with Gasteiger partial charge in [-0.3, -0.25) is 14.9 Å². The van der Waals surface area contributed by atoms with E-state index < -0.39 is 0 Å². The second-order valence-corrected chi connectivity index (χ2v) is 8.78. The molecule has 33 heavy (non-hydrogen) atoms. The van der Waals surface area contributed by atoms with Crippen molar-refractivity contribution in [2.45, 2.75) is 25.7 Å². The molecule has 9 heteroatoms. The zero-order valence-electron chi connectivity index (χ0n) is 18.0. The van der Waals surface area contributed by atoms with E-state index in [4.69, 9.17) is 9.47 Å². The van der Waals surface area contributed by atoms with Gasteiger partial charge in [-0.1, -0.05) is 42.5 Å². The summed E-state index contributed by atoms with van der Waals surface area (Å²) in [5.41, 5.74) is 2.93. The Morgan fingerprint density at radius 3 is 2.94 bits per heavy atom. The summed E-state index contributed by atoms with van der Waals surface area (Å²) < 4.78 is 10.6. The highest BCUT2D eigenvalue weighted by Gasteiger charge is 2.34. The number of amides is 2. The van der Waals surface area contributed by atoms with Gasteiger partial charge in [0.1, 0.15) is 5.01 Å². The smallest absolute Gasteiger partial charge is 0.250 e. The van der Waals surface area contributed by atoms with Crippen molar-refractivity contribution in [1.29, 1.82) is 0 Å². The second kappa shape index (κ2) is 9.03. The van der Waals surface area contributed by atoms with E-state index in [9.17, 15) is 9.59 Å². The minimum Gasteiger partial charge on any atom is -0.454 e. The van der Waals surface area contributed by atoms with Crippen molar-refractivity contribution in [3.8, 4) is 11.5 Å². The number of aromatic nitrogens is 2. The van der Waals surface area contributed by atoms with Crippen LogP contribution in [0.1, 0.15) is 35.4 Å². The van der Waals surface area contributed by atoms with Crippen LogP contribution in [-0.2, 0) is 16.0 Å². The van der Waals surface area contributed by atoms with Crippen LogP contribution < -0.4 is 19.7 Å². The molecule has 8 nitrogen and oxygen atoms in total. The van der Waals surface area contributed by atoms with Gasteiger partial charge in [-0.15, -0.1) is 10.2 Å². The number of aryl methyl sites for hydroxylation is 1. The molecule has 1 N–H and O–H groups in total. The Kier molecular flexibility index (Phi) is 5.78. The van der Waals surface area contributed by atoms with Crippen molar-refractivity contribution in [2.75, 3.05) is 23.6 Å². The lowest BCUT2D eigenvalue weighted by Gasteiger charge is -2.19. The maximum absolute atomic E-state index is 12.7. The molecule has 1 fully saturated rings. The highest BCUT2D eigenvalue weighted by molar-refractivity contribution is 7.15. The molecule has 2 aliphatic heterocycles. The topological polar surface area (TPSA) is 93.7 Å². The SMILES string of the molecule is CCc1ccccc1N1CC(c2nnc(NC(=O)/C=C/c3ccc4c(c3)OCO4)s2)CC1=O. The first-order valence-corrected chi connectivity index (χ1v) is 11.5. The summed E-state index contributed by atoms with van der Waals surface area (Å²) in [4.78, 5) is 26.9. The Hall–Kier alpha value is -3.72. The first-order valence-electron chi connectivity index (χ1n) is 10.7. The Morgan fingerprint density at radius 2 is 2.06 bits per heavy atom. The summed E-state index contributed by atoms with van der Waals surface area (Å²) in [6.07, 6.45) is 4.36. The van der Waals surface area contributed by atoms with Crippen LogP contribution in [0.5, 0.6) is 11.5 Å². The molecule has 2 amide bonds. The number of nitrogens with one attached hydrogen (secondary N) is 1. The van der Waals surface area contributed by atoms with Crippen molar-refractivity contribution in [3.63, 3.8) is 0 Å². The zero-order valence-corrected chi connectivity index (χ0v) is 18.8. The molecule has 0 radical (unpaired) electrons. The first-order chi connectivity index (χ1) is 16.1. The van der Waals surface area contributed by atoms with Gasteiger partial charge in [0.25, 0.3) is 0 Å². The number of carbonyl (C=O) groups excluding carboxylic acids is 2. The van der Waals surface area contributed by atoms with Crippen molar-refractivity contribution in [3.05, 3.63) is 64.7 Å². The first kappa shape index (κ1) is 21.1. The van der Waals surface area contributed by atoms with Gasteiger partial charge in [-0.25, -0.2) is 0 Å². The largest absolute Gasteiger partial charge is 0.454 e. The molecule has 0 aliphatic carbocycles.